The number of carbonyl (C=O) groups is 3. The van der Waals surface area contributed by atoms with Gasteiger partial charge in [0, 0.05) is 5.56 Å². The second kappa shape index (κ2) is 8.37. The molecule has 3 amide bonds. The second-order valence-electron chi connectivity index (χ2n) is 8.06. The minimum Gasteiger partial charge on any atom is -0.462 e. The van der Waals surface area contributed by atoms with E-state index in [1.165, 1.54) is 6.21 Å². The van der Waals surface area contributed by atoms with E-state index in [-0.39, 0.29) is 11.9 Å². The molecule has 2 heterocycles. The average Bonchev–Trinajstić information content (AvgIpc) is 3.33. The first-order chi connectivity index (χ1) is 14.9. The minimum absolute atomic E-state index is 0.304. The molecule has 1 saturated carbocycles. The molecule has 1 aliphatic heterocycles. The highest BCUT2D eigenvalue weighted by Gasteiger charge is 2.52. The average molecular weight is 423 g/mol. The number of amides is 3. The lowest BCUT2D eigenvalue weighted by Crippen LogP contribution is -2.49. The van der Waals surface area contributed by atoms with Crippen molar-refractivity contribution in [2.75, 3.05) is 6.61 Å². The fraction of sp³-hybridized carbons (Fsp3) is 0.391. The highest BCUT2D eigenvalue weighted by Crippen LogP contribution is 2.36. The molecule has 8 nitrogen and oxygen atoms in total. The van der Waals surface area contributed by atoms with Gasteiger partial charge in [-0.1, -0.05) is 19.1 Å². The quantitative estimate of drug-likeness (QED) is 0.446. The lowest BCUT2D eigenvalue weighted by molar-refractivity contribution is -0.132. The van der Waals surface area contributed by atoms with Gasteiger partial charge in [0.1, 0.15) is 17.1 Å². The number of imide groups is 1. The van der Waals surface area contributed by atoms with Gasteiger partial charge in [-0.3, -0.25) is 4.79 Å². The van der Waals surface area contributed by atoms with Crippen LogP contribution in [0.15, 0.2) is 45.9 Å². The van der Waals surface area contributed by atoms with E-state index in [1.807, 2.05) is 0 Å². The zero-order valence-electron chi connectivity index (χ0n) is 17.6. The van der Waals surface area contributed by atoms with Gasteiger partial charge in [0.25, 0.3) is 5.91 Å². The molecule has 2 aromatic rings. The standard InChI is InChI=1S/C23H25N3O5/c1-3-30-20(27)17-6-4-16(5-7-17)19-9-8-18(31-19)14-24-26-21(28)23(25-22(26)29)12-10-15(2)11-13-23/h4-9,14-15H,3,10-13H2,1-2H3,(H,25,29)/b24-14-. The van der Waals surface area contributed by atoms with E-state index < -0.39 is 11.6 Å². The van der Waals surface area contributed by atoms with Crippen LogP contribution in [0.4, 0.5) is 4.79 Å². The third-order valence-corrected chi connectivity index (χ3v) is 5.88. The van der Waals surface area contributed by atoms with E-state index in [9.17, 15) is 14.4 Å². The summed E-state index contributed by atoms with van der Waals surface area (Å²) >= 11 is 0. The maximum atomic E-state index is 12.8. The number of hydrazone groups is 1. The lowest BCUT2D eigenvalue weighted by atomic mass is 9.77. The Labute approximate surface area is 180 Å². The van der Waals surface area contributed by atoms with E-state index in [4.69, 9.17) is 9.15 Å². The second-order valence-corrected chi connectivity index (χ2v) is 8.06. The molecule has 1 aromatic heterocycles. The van der Waals surface area contributed by atoms with Crippen molar-refractivity contribution < 1.29 is 23.5 Å². The number of hydrogen-bond acceptors (Lipinski definition) is 6. The number of nitrogens with one attached hydrogen (secondary N) is 1. The van der Waals surface area contributed by atoms with Gasteiger partial charge in [-0.15, -0.1) is 5.01 Å². The molecule has 1 aromatic carbocycles. The maximum Gasteiger partial charge on any atom is 0.346 e. The van der Waals surface area contributed by atoms with Crippen LogP contribution in [0.3, 0.4) is 0 Å². The molecule has 0 atom stereocenters. The third-order valence-electron chi connectivity index (χ3n) is 5.88. The number of furan rings is 1. The van der Waals surface area contributed by atoms with E-state index in [0.29, 0.717) is 42.5 Å². The van der Waals surface area contributed by atoms with Gasteiger partial charge in [-0.2, -0.15) is 5.10 Å². The van der Waals surface area contributed by atoms with Crippen molar-refractivity contribution in [2.45, 2.75) is 45.1 Å². The maximum absolute atomic E-state index is 12.8. The van der Waals surface area contributed by atoms with Gasteiger partial charge in [0.05, 0.1) is 18.4 Å². The van der Waals surface area contributed by atoms with E-state index in [0.717, 1.165) is 23.4 Å². The van der Waals surface area contributed by atoms with Crippen LogP contribution in [0.25, 0.3) is 11.3 Å². The first kappa shape index (κ1) is 20.8. The Morgan fingerprint density at radius 2 is 1.94 bits per heavy atom. The molecule has 1 N–H and O–H groups in total. The summed E-state index contributed by atoms with van der Waals surface area (Å²) in [5, 5.41) is 7.81. The van der Waals surface area contributed by atoms with Crippen LogP contribution < -0.4 is 5.32 Å². The lowest BCUT2D eigenvalue weighted by Gasteiger charge is -2.33. The molecule has 2 aliphatic rings. The Hall–Kier alpha value is -3.42. The van der Waals surface area contributed by atoms with Crippen molar-refractivity contribution in [2.24, 2.45) is 11.0 Å². The molecule has 31 heavy (non-hydrogen) atoms. The Kier molecular flexibility index (Phi) is 5.63. The summed E-state index contributed by atoms with van der Waals surface area (Å²) in [7, 11) is 0. The molecule has 1 spiro atoms. The van der Waals surface area contributed by atoms with Gasteiger partial charge in [-0.05, 0) is 62.8 Å². The zero-order chi connectivity index (χ0) is 22.0. The molecule has 162 valence electrons. The van der Waals surface area contributed by atoms with Gasteiger partial charge in [0.15, 0.2) is 0 Å². The molecule has 0 unspecified atom stereocenters. The Morgan fingerprint density at radius 3 is 2.61 bits per heavy atom. The Balaban J connectivity index is 1.45. The summed E-state index contributed by atoms with van der Waals surface area (Å²) in [6.07, 6.45) is 4.44. The van der Waals surface area contributed by atoms with Crippen LogP contribution in [-0.2, 0) is 9.53 Å². The summed E-state index contributed by atoms with van der Waals surface area (Å²) in [4.78, 5) is 36.9. The number of urea groups is 1. The van der Waals surface area contributed by atoms with Gasteiger partial charge in [-0.25, -0.2) is 9.59 Å². The Morgan fingerprint density at radius 1 is 1.23 bits per heavy atom. The van der Waals surface area contributed by atoms with Crippen molar-refractivity contribution in [1.82, 2.24) is 10.3 Å². The third kappa shape index (κ3) is 4.10. The molecule has 2 fully saturated rings. The number of esters is 1. The van der Waals surface area contributed by atoms with Crippen LogP contribution in [0.5, 0.6) is 0 Å². The molecule has 8 heteroatoms. The number of rotatable bonds is 5. The van der Waals surface area contributed by atoms with E-state index in [1.54, 1.807) is 43.3 Å². The van der Waals surface area contributed by atoms with Gasteiger partial charge < -0.3 is 14.5 Å². The topological polar surface area (TPSA) is 101 Å². The molecular formula is C23H25N3O5. The molecule has 0 radical (unpaired) electrons. The number of ether oxygens (including phenoxy) is 1. The van der Waals surface area contributed by atoms with Crippen LogP contribution >= 0.6 is 0 Å². The number of hydrogen-bond donors (Lipinski definition) is 1. The smallest absolute Gasteiger partial charge is 0.346 e. The van der Waals surface area contributed by atoms with Crippen LogP contribution in [0.1, 0.15) is 55.6 Å². The van der Waals surface area contributed by atoms with Gasteiger partial charge >= 0.3 is 12.0 Å². The van der Waals surface area contributed by atoms with Crippen LogP contribution in [0.2, 0.25) is 0 Å². The number of carbonyl (C=O) groups excluding carboxylic acids is 3. The first-order valence-corrected chi connectivity index (χ1v) is 10.5. The molecular weight excluding hydrogens is 398 g/mol. The van der Waals surface area contributed by atoms with Gasteiger partial charge in [0.2, 0.25) is 0 Å². The predicted octanol–water partition coefficient (Wildman–Crippen LogP) is 3.96. The van der Waals surface area contributed by atoms with Crippen molar-refractivity contribution >= 4 is 24.1 Å². The minimum atomic E-state index is -0.823. The number of benzene rings is 1. The SMILES string of the molecule is CCOC(=O)c1ccc(-c2ccc(/C=N\N3C(=O)NC4(CCC(C)CC4)C3=O)o2)cc1. The first-order valence-electron chi connectivity index (χ1n) is 10.5. The molecule has 1 aliphatic carbocycles. The predicted molar refractivity (Wildman–Crippen MR) is 113 cm³/mol. The summed E-state index contributed by atoms with van der Waals surface area (Å²) in [6, 6.07) is 9.82. The monoisotopic (exact) mass is 423 g/mol. The summed E-state index contributed by atoms with van der Waals surface area (Å²) in [6.45, 7) is 4.23. The highest BCUT2D eigenvalue weighted by atomic mass is 16.5. The Bertz CT molecular complexity index is 1020. The molecule has 1 saturated heterocycles. The van der Waals surface area contributed by atoms with E-state index in [2.05, 4.69) is 17.3 Å². The fourth-order valence-corrected chi connectivity index (χ4v) is 3.98. The van der Waals surface area contributed by atoms with Crippen LogP contribution in [-0.4, -0.2) is 41.3 Å². The van der Waals surface area contributed by atoms with Crippen molar-refractivity contribution in [3.8, 4) is 11.3 Å². The highest BCUT2D eigenvalue weighted by molar-refractivity contribution is 6.07. The van der Waals surface area contributed by atoms with Crippen molar-refractivity contribution in [3.05, 3.63) is 47.7 Å². The molecule has 0 bridgehead atoms. The fourth-order valence-electron chi connectivity index (χ4n) is 3.98. The summed E-state index contributed by atoms with van der Waals surface area (Å²) < 4.78 is 10.7. The van der Waals surface area contributed by atoms with E-state index >= 15 is 0 Å². The van der Waals surface area contributed by atoms with Crippen LogP contribution in [0, 0.1) is 5.92 Å². The largest absolute Gasteiger partial charge is 0.462 e. The van der Waals surface area contributed by atoms with Crippen molar-refractivity contribution in [1.29, 1.82) is 0 Å². The molecule has 4 rings (SSSR count). The summed E-state index contributed by atoms with van der Waals surface area (Å²) in [5.74, 6) is 0.859. The number of nitrogens with zero attached hydrogens (tertiary/aromatic N) is 2. The summed E-state index contributed by atoms with van der Waals surface area (Å²) in [5.41, 5.74) is 0.414. The normalized spacial score (nSPS) is 23.5. The zero-order valence-corrected chi connectivity index (χ0v) is 17.6. The van der Waals surface area contributed by atoms with Crippen molar-refractivity contribution in [3.63, 3.8) is 0 Å².